The topological polar surface area (TPSA) is 32.3 Å². The van der Waals surface area contributed by atoms with E-state index in [1.54, 1.807) is 0 Å². The number of carbonyl (C=O) groups is 1. The Morgan fingerprint density at radius 3 is 2.06 bits per heavy atom. The third kappa shape index (κ3) is 4.97. The van der Waals surface area contributed by atoms with E-state index in [2.05, 4.69) is 44.8 Å². The molecule has 0 radical (unpaired) electrons. The van der Waals surface area contributed by atoms with Gasteiger partial charge in [-0.05, 0) is 25.4 Å². The molecule has 96 valence electrons. The zero-order valence-electron chi connectivity index (χ0n) is 11.5. The van der Waals surface area contributed by atoms with Crippen LogP contribution in [0.4, 0.5) is 0 Å². The highest BCUT2D eigenvalue weighted by molar-refractivity contribution is 5.78. The Kier molecular flexibility index (Phi) is 8.26. The van der Waals surface area contributed by atoms with Crippen LogP contribution >= 0.6 is 0 Å². The van der Waals surface area contributed by atoms with Gasteiger partial charge in [-0.3, -0.25) is 9.69 Å². The maximum atomic E-state index is 12.0. The van der Waals surface area contributed by atoms with Gasteiger partial charge in [0.05, 0.1) is 6.67 Å². The first-order valence-corrected chi connectivity index (χ1v) is 6.60. The van der Waals surface area contributed by atoms with Crippen LogP contribution in [0.3, 0.4) is 0 Å². The SMILES string of the molecule is CCC(C)C(CC)C(=O)NCN(CC)CC. The van der Waals surface area contributed by atoms with Gasteiger partial charge in [0, 0.05) is 5.92 Å². The van der Waals surface area contributed by atoms with Crippen molar-refractivity contribution in [2.24, 2.45) is 11.8 Å². The maximum absolute atomic E-state index is 12.0. The molecule has 0 aliphatic rings. The minimum atomic E-state index is 0.167. The fourth-order valence-electron chi connectivity index (χ4n) is 1.90. The van der Waals surface area contributed by atoms with Gasteiger partial charge in [0.2, 0.25) is 5.91 Å². The van der Waals surface area contributed by atoms with Crippen LogP contribution in [0.5, 0.6) is 0 Å². The fourth-order valence-corrected chi connectivity index (χ4v) is 1.90. The van der Waals surface area contributed by atoms with Gasteiger partial charge in [-0.25, -0.2) is 0 Å². The van der Waals surface area contributed by atoms with Crippen LogP contribution in [0.1, 0.15) is 47.5 Å². The molecular weight excluding hydrogens is 200 g/mol. The molecule has 0 saturated carbocycles. The molecular formula is C13H28N2O. The van der Waals surface area contributed by atoms with E-state index in [0.29, 0.717) is 12.6 Å². The first kappa shape index (κ1) is 15.4. The molecule has 0 aromatic rings. The molecule has 0 bridgehead atoms. The highest BCUT2D eigenvalue weighted by Gasteiger charge is 2.21. The fraction of sp³-hybridized carbons (Fsp3) is 0.923. The Hall–Kier alpha value is -0.570. The van der Waals surface area contributed by atoms with Crippen LogP contribution in [-0.2, 0) is 4.79 Å². The number of carbonyl (C=O) groups excluding carboxylic acids is 1. The van der Waals surface area contributed by atoms with Gasteiger partial charge >= 0.3 is 0 Å². The molecule has 1 N–H and O–H groups in total. The van der Waals surface area contributed by atoms with E-state index in [4.69, 9.17) is 0 Å². The van der Waals surface area contributed by atoms with Crippen molar-refractivity contribution >= 4 is 5.91 Å². The van der Waals surface area contributed by atoms with E-state index < -0.39 is 0 Å². The quantitative estimate of drug-likeness (QED) is 0.647. The molecule has 3 heteroatoms. The van der Waals surface area contributed by atoms with Gasteiger partial charge in [-0.15, -0.1) is 0 Å². The van der Waals surface area contributed by atoms with Crippen molar-refractivity contribution in [2.75, 3.05) is 19.8 Å². The lowest BCUT2D eigenvalue weighted by molar-refractivity contribution is -0.127. The van der Waals surface area contributed by atoms with E-state index in [1.807, 2.05) is 0 Å². The number of nitrogens with zero attached hydrogens (tertiary/aromatic N) is 1. The van der Waals surface area contributed by atoms with Crippen LogP contribution in [-0.4, -0.2) is 30.6 Å². The number of rotatable bonds is 8. The summed E-state index contributed by atoms with van der Waals surface area (Å²) in [5.74, 6) is 0.853. The van der Waals surface area contributed by atoms with Gasteiger partial charge in [-0.2, -0.15) is 0 Å². The van der Waals surface area contributed by atoms with E-state index in [-0.39, 0.29) is 11.8 Å². The van der Waals surface area contributed by atoms with Crippen molar-refractivity contribution in [3.63, 3.8) is 0 Å². The van der Waals surface area contributed by atoms with Gasteiger partial charge in [0.25, 0.3) is 0 Å². The standard InChI is InChI=1S/C13H28N2O/c1-6-11(5)12(7-2)13(16)14-10-15(8-3)9-4/h11-12H,6-10H2,1-5H3,(H,14,16). The van der Waals surface area contributed by atoms with Crippen LogP contribution in [0, 0.1) is 11.8 Å². The Morgan fingerprint density at radius 1 is 1.12 bits per heavy atom. The molecule has 0 saturated heterocycles. The highest BCUT2D eigenvalue weighted by atomic mass is 16.2. The number of hydrogen-bond acceptors (Lipinski definition) is 2. The zero-order valence-corrected chi connectivity index (χ0v) is 11.5. The predicted octanol–water partition coefficient (Wildman–Crippen LogP) is 2.47. The number of amides is 1. The van der Waals surface area contributed by atoms with Crippen LogP contribution in [0.2, 0.25) is 0 Å². The third-order valence-electron chi connectivity index (χ3n) is 3.48. The lowest BCUT2D eigenvalue weighted by Crippen LogP contribution is -2.41. The van der Waals surface area contributed by atoms with Gasteiger partial charge in [-0.1, -0.05) is 41.0 Å². The summed E-state index contributed by atoms with van der Waals surface area (Å²) in [6.07, 6.45) is 2.00. The summed E-state index contributed by atoms with van der Waals surface area (Å²) < 4.78 is 0. The lowest BCUT2D eigenvalue weighted by Gasteiger charge is -2.24. The Balaban J connectivity index is 4.11. The smallest absolute Gasteiger partial charge is 0.224 e. The molecule has 0 aliphatic carbocycles. The van der Waals surface area contributed by atoms with Crippen molar-refractivity contribution < 1.29 is 4.79 Å². The van der Waals surface area contributed by atoms with E-state index in [0.717, 1.165) is 25.9 Å². The van der Waals surface area contributed by atoms with Crippen molar-refractivity contribution in [3.05, 3.63) is 0 Å². The summed E-state index contributed by atoms with van der Waals surface area (Å²) in [4.78, 5) is 14.2. The van der Waals surface area contributed by atoms with Gasteiger partial charge in [0.15, 0.2) is 0 Å². The summed E-state index contributed by atoms with van der Waals surface area (Å²) in [6, 6.07) is 0. The zero-order chi connectivity index (χ0) is 12.6. The minimum Gasteiger partial charge on any atom is -0.343 e. The number of nitrogens with one attached hydrogen (secondary N) is 1. The summed E-state index contributed by atoms with van der Waals surface area (Å²) in [6.45, 7) is 13.3. The van der Waals surface area contributed by atoms with E-state index >= 15 is 0 Å². The lowest BCUT2D eigenvalue weighted by atomic mass is 9.89. The Bertz CT molecular complexity index is 190. The van der Waals surface area contributed by atoms with E-state index in [9.17, 15) is 4.79 Å². The van der Waals surface area contributed by atoms with Crippen LogP contribution < -0.4 is 5.32 Å². The Morgan fingerprint density at radius 2 is 1.69 bits per heavy atom. The first-order chi connectivity index (χ1) is 7.60. The molecule has 16 heavy (non-hydrogen) atoms. The molecule has 1 amide bonds. The second-order valence-corrected chi connectivity index (χ2v) is 4.40. The monoisotopic (exact) mass is 228 g/mol. The second-order valence-electron chi connectivity index (χ2n) is 4.40. The summed E-state index contributed by atoms with van der Waals surface area (Å²) in [5.41, 5.74) is 0. The van der Waals surface area contributed by atoms with Crippen molar-refractivity contribution in [1.82, 2.24) is 10.2 Å². The second kappa shape index (κ2) is 8.57. The van der Waals surface area contributed by atoms with E-state index in [1.165, 1.54) is 0 Å². The first-order valence-electron chi connectivity index (χ1n) is 6.60. The van der Waals surface area contributed by atoms with Crippen molar-refractivity contribution in [2.45, 2.75) is 47.5 Å². The van der Waals surface area contributed by atoms with Crippen LogP contribution in [0.15, 0.2) is 0 Å². The summed E-state index contributed by atoms with van der Waals surface area (Å²) >= 11 is 0. The molecule has 3 nitrogen and oxygen atoms in total. The molecule has 0 fully saturated rings. The van der Waals surface area contributed by atoms with Gasteiger partial charge < -0.3 is 5.32 Å². The maximum Gasteiger partial charge on any atom is 0.224 e. The molecule has 2 unspecified atom stereocenters. The van der Waals surface area contributed by atoms with Crippen LogP contribution in [0.25, 0.3) is 0 Å². The molecule has 0 heterocycles. The minimum absolute atomic E-state index is 0.167. The third-order valence-corrected chi connectivity index (χ3v) is 3.48. The molecule has 0 aromatic heterocycles. The van der Waals surface area contributed by atoms with Crippen molar-refractivity contribution in [3.8, 4) is 0 Å². The largest absolute Gasteiger partial charge is 0.343 e. The normalized spacial score (nSPS) is 14.9. The van der Waals surface area contributed by atoms with Crippen molar-refractivity contribution in [1.29, 1.82) is 0 Å². The summed E-state index contributed by atoms with van der Waals surface area (Å²) in [5, 5.41) is 3.04. The average Bonchev–Trinajstić information content (AvgIpc) is 2.31. The highest BCUT2D eigenvalue weighted by Crippen LogP contribution is 2.18. The predicted molar refractivity (Wildman–Crippen MR) is 69.2 cm³/mol. The molecule has 0 aliphatic heterocycles. The molecule has 0 rings (SSSR count). The summed E-state index contributed by atoms with van der Waals surface area (Å²) in [7, 11) is 0. The van der Waals surface area contributed by atoms with Gasteiger partial charge in [0.1, 0.15) is 0 Å². The average molecular weight is 228 g/mol. The molecule has 2 atom stereocenters. The molecule has 0 spiro atoms. The Labute approximate surface area is 101 Å². The number of hydrogen-bond donors (Lipinski definition) is 1. The molecule has 0 aromatic carbocycles.